The Bertz CT molecular complexity index is 2560. The molecule has 9 aromatic rings. The van der Waals surface area contributed by atoms with Crippen molar-refractivity contribution in [3.05, 3.63) is 182 Å². The SMILES string of the molecule is c1ccc(-c2cccc3c(-c4ccc(-c5ccc6cc(-c7cc8ccccc8c8ccccc78)ccc6c5)cc4)cccc23)cc1. The van der Waals surface area contributed by atoms with Crippen LogP contribution in [0.4, 0.5) is 0 Å². The Kier molecular flexibility index (Phi) is 6.25. The van der Waals surface area contributed by atoms with Crippen molar-refractivity contribution in [2.45, 2.75) is 0 Å². The highest BCUT2D eigenvalue weighted by molar-refractivity contribution is 6.14. The first kappa shape index (κ1) is 26.4. The summed E-state index contributed by atoms with van der Waals surface area (Å²) in [6.07, 6.45) is 0. The van der Waals surface area contributed by atoms with Crippen LogP contribution in [-0.2, 0) is 0 Å². The van der Waals surface area contributed by atoms with Crippen LogP contribution in [0.15, 0.2) is 182 Å². The maximum absolute atomic E-state index is 2.34. The third kappa shape index (κ3) is 4.47. The van der Waals surface area contributed by atoms with Gasteiger partial charge in [0.25, 0.3) is 0 Å². The van der Waals surface area contributed by atoms with Gasteiger partial charge in [0.1, 0.15) is 0 Å². The van der Waals surface area contributed by atoms with Gasteiger partial charge in [-0.05, 0) is 106 Å². The summed E-state index contributed by atoms with van der Waals surface area (Å²) < 4.78 is 0. The zero-order valence-electron chi connectivity index (χ0n) is 25.3. The summed E-state index contributed by atoms with van der Waals surface area (Å²) in [5.41, 5.74) is 9.98. The zero-order chi connectivity index (χ0) is 30.5. The summed E-state index contributed by atoms with van der Waals surface area (Å²) in [5, 5.41) is 10.2. The second-order valence-corrected chi connectivity index (χ2v) is 12.1. The summed E-state index contributed by atoms with van der Waals surface area (Å²) in [4.78, 5) is 0. The molecule has 0 aliphatic rings. The molecule has 0 aliphatic heterocycles. The van der Waals surface area contributed by atoms with E-state index in [1.165, 1.54) is 87.6 Å². The van der Waals surface area contributed by atoms with Gasteiger partial charge < -0.3 is 0 Å². The fraction of sp³-hybridized carbons (Fsp3) is 0. The highest BCUT2D eigenvalue weighted by Gasteiger charge is 2.11. The van der Waals surface area contributed by atoms with Gasteiger partial charge in [0, 0.05) is 0 Å². The van der Waals surface area contributed by atoms with E-state index in [1.54, 1.807) is 0 Å². The first-order valence-electron chi connectivity index (χ1n) is 15.9. The lowest BCUT2D eigenvalue weighted by molar-refractivity contribution is 1.61. The van der Waals surface area contributed by atoms with Gasteiger partial charge in [0.15, 0.2) is 0 Å². The van der Waals surface area contributed by atoms with Gasteiger partial charge in [-0.1, -0.05) is 164 Å². The van der Waals surface area contributed by atoms with Crippen molar-refractivity contribution < 1.29 is 0 Å². The molecule has 0 nitrogen and oxygen atoms in total. The number of hydrogen-bond acceptors (Lipinski definition) is 0. The summed E-state index contributed by atoms with van der Waals surface area (Å²) >= 11 is 0. The molecule has 0 spiro atoms. The molecule has 0 heterocycles. The van der Waals surface area contributed by atoms with Gasteiger partial charge in [-0.15, -0.1) is 0 Å². The molecule has 46 heavy (non-hydrogen) atoms. The molecule has 0 radical (unpaired) electrons. The van der Waals surface area contributed by atoms with Crippen LogP contribution in [0.1, 0.15) is 0 Å². The zero-order valence-corrected chi connectivity index (χ0v) is 25.3. The van der Waals surface area contributed by atoms with E-state index in [1.807, 2.05) is 0 Å². The molecule has 0 atom stereocenters. The van der Waals surface area contributed by atoms with E-state index in [0.29, 0.717) is 0 Å². The minimum Gasteiger partial charge on any atom is -0.0622 e. The number of benzene rings is 9. The van der Waals surface area contributed by atoms with E-state index in [2.05, 4.69) is 182 Å². The van der Waals surface area contributed by atoms with Crippen molar-refractivity contribution in [2.75, 3.05) is 0 Å². The average Bonchev–Trinajstić information content (AvgIpc) is 3.14. The maximum atomic E-state index is 2.34. The topological polar surface area (TPSA) is 0 Å². The Morgan fingerprint density at radius 1 is 0.196 bits per heavy atom. The fourth-order valence-corrected chi connectivity index (χ4v) is 7.16. The predicted octanol–water partition coefficient (Wildman–Crippen LogP) is 13.0. The first-order chi connectivity index (χ1) is 22.8. The average molecular weight is 583 g/mol. The number of rotatable bonds is 4. The van der Waals surface area contributed by atoms with Crippen LogP contribution in [0.5, 0.6) is 0 Å². The lowest BCUT2D eigenvalue weighted by Gasteiger charge is -2.13. The van der Waals surface area contributed by atoms with Crippen LogP contribution >= 0.6 is 0 Å². The molecule has 0 aromatic heterocycles. The van der Waals surface area contributed by atoms with Crippen LogP contribution in [0.3, 0.4) is 0 Å². The van der Waals surface area contributed by atoms with Crippen molar-refractivity contribution in [1.82, 2.24) is 0 Å². The smallest absolute Gasteiger partial charge is 0.00988 e. The van der Waals surface area contributed by atoms with Gasteiger partial charge in [0.05, 0.1) is 0 Å². The molecule has 214 valence electrons. The first-order valence-corrected chi connectivity index (χ1v) is 15.9. The van der Waals surface area contributed by atoms with Crippen molar-refractivity contribution >= 4 is 43.1 Å². The Morgan fingerprint density at radius 2 is 0.674 bits per heavy atom. The van der Waals surface area contributed by atoms with E-state index in [4.69, 9.17) is 0 Å². The molecule has 0 saturated carbocycles. The van der Waals surface area contributed by atoms with Gasteiger partial charge >= 0.3 is 0 Å². The Balaban J connectivity index is 1.06. The van der Waals surface area contributed by atoms with Crippen molar-refractivity contribution in [3.63, 3.8) is 0 Å². The molecule has 0 N–H and O–H groups in total. The van der Waals surface area contributed by atoms with E-state index in [0.717, 1.165) is 0 Å². The van der Waals surface area contributed by atoms with Crippen LogP contribution in [0, 0.1) is 0 Å². The molecule has 9 aromatic carbocycles. The highest BCUT2D eigenvalue weighted by Crippen LogP contribution is 2.38. The third-order valence-electron chi connectivity index (χ3n) is 9.46. The standard InChI is InChI=1S/C46H30/c1-2-10-32(11-3-1)39-16-8-19-44-40(17-9-18-43(39)44)33-22-20-31(21-23-33)34-24-25-36-29-38(27-26-35(36)28-34)46-30-37-12-4-5-13-41(37)42-14-6-7-15-45(42)46/h1-30H. The normalized spacial score (nSPS) is 11.5. The Hall–Kier alpha value is -5.98. The molecule has 0 aliphatic carbocycles. The van der Waals surface area contributed by atoms with Gasteiger partial charge in [0.2, 0.25) is 0 Å². The summed E-state index contributed by atoms with van der Waals surface area (Å²) in [5.74, 6) is 0. The third-order valence-corrected chi connectivity index (χ3v) is 9.46. The minimum absolute atomic E-state index is 1.22. The van der Waals surface area contributed by atoms with Crippen LogP contribution in [-0.4, -0.2) is 0 Å². The number of fused-ring (bicyclic) bond motifs is 5. The maximum Gasteiger partial charge on any atom is -0.00988 e. The largest absolute Gasteiger partial charge is 0.0622 e. The monoisotopic (exact) mass is 582 g/mol. The van der Waals surface area contributed by atoms with E-state index >= 15 is 0 Å². The lowest BCUT2D eigenvalue weighted by atomic mass is 9.91. The quantitative estimate of drug-likeness (QED) is 0.181. The minimum atomic E-state index is 1.22. The molecule has 0 saturated heterocycles. The second-order valence-electron chi connectivity index (χ2n) is 12.1. The van der Waals surface area contributed by atoms with E-state index in [-0.39, 0.29) is 0 Å². The molecule has 0 fully saturated rings. The van der Waals surface area contributed by atoms with Gasteiger partial charge in [-0.2, -0.15) is 0 Å². The molecular formula is C46H30. The molecular weight excluding hydrogens is 553 g/mol. The van der Waals surface area contributed by atoms with Gasteiger partial charge in [-0.25, -0.2) is 0 Å². The van der Waals surface area contributed by atoms with Crippen LogP contribution < -0.4 is 0 Å². The molecule has 0 unspecified atom stereocenters. The Morgan fingerprint density at radius 3 is 1.39 bits per heavy atom. The Labute approximate surface area is 268 Å². The lowest BCUT2D eigenvalue weighted by Crippen LogP contribution is -1.86. The van der Waals surface area contributed by atoms with E-state index in [9.17, 15) is 0 Å². The van der Waals surface area contributed by atoms with Crippen molar-refractivity contribution in [1.29, 1.82) is 0 Å². The molecule has 0 heteroatoms. The van der Waals surface area contributed by atoms with Crippen molar-refractivity contribution in [2.24, 2.45) is 0 Å². The summed E-state index contributed by atoms with van der Waals surface area (Å²) in [6, 6.07) is 66.5. The van der Waals surface area contributed by atoms with E-state index < -0.39 is 0 Å². The molecule has 0 amide bonds. The van der Waals surface area contributed by atoms with Crippen LogP contribution in [0.2, 0.25) is 0 Å². The second kappa shape index (κ2) is 10.9. The highest BCUT2D eigenvalue weighted by atomic mass is 14.1. The number of hydrogen-bond donors (Lipinski definition) is 0. The molecule has 9 rings (SSSR count). The molecule has 0 bridgehead atoms. The van der Waals surface area contributed by atoms with Crippen LogP contribution in [0.25, 0.3) is 87.6 Å². The van der Waals surface area contributed by atoms with Crippen molar-refractivity contribution in [3.8, 4) is 44.5 Å². The summed E-state index contributed by atoms with van der Waals surface area (Å²) in [6.45, 7) is 0. The fourth-order valence-electron chi connectivity index (χ4n) is 7.16. The summed E-state index contributed by atoms with van der Waals surface area (Å²) in [7, 11) is 0. The van der Waals surface area contributed by atoms with Gasteiger partial charge in [-0.3, -0.25) is 0 Å². The predicted molar refractivity (Wildman–Crippen MR) is 198 cm³/mol.